The topological polar surface area (TPSA) is 59.3 Å². The van der Waals surface area contributed by atoms with Crippen molar-refractivity contribution in [3.05, 3.63) is 23.8 Å². The normalized spacial score (nSPS) is 16.9. The summed E-state index contributed by atoms with van der Waals surface area (Å²) in [5, 5.41) is 9.27. The summed E-state index contributed by atoms with van der Waals surface area (Å²) in [4.78, 5) is 11.2. The molecule has 0 spiro atoms. The third-order valence-corrected chi connectivity index (χ3v) is 3.14. The zero-order chi connectivity index (χ0) is 12.5. The van der Waals surface area contributed by atoms with Crippen LogP contribution in [0.2, 0.25) is 0 Å². The predicted octanol–water partition coefficient (Wildman–Crippen LogP) is 1.83. The number of benzene rings is 1. The Morgan fingerprint density at radius 3 is 2.47 bits per heavy atom. The van der Waals surface area contributed by atoms with Gasteiger partial charge >= 0.3 is 0 Å². The average Bonchev–Trinajstić information content (AvgIpc) is 2.34. The van der Waals surface area contributed by atoms with Crippen LogP contribution < -0.4 is 9.47 Å². The fourth-order valence-electron chi connectivity index (χ4n) is 2.15. The zero-order valence-corrected chi connectivity index (χ0v) is 9.82. The molecule has 1 aromatic rings. The molecule has 0 unspecified atom stereocenters. The fourth-order valence-corrected chi connectivity index (χ4v) is 2.15. The second-order valence-electron chi connectivity index (χ2n) is 4.15. The molecule has 0 aliphatic heterocycles. The van der Waals surface area contributed by atoms with Gasteiger partial charge < -0.3 is 9.47 Å². The summed E-state index contributed by atoms with van der Waals surface area (Å²) >= 11 is 0. The molecule has 4 heteroatoms. The SMILES string of the molecule is COc1ccc(C2(C#N)CC(=O)C2)c(OC)c1. The highest BCUT2D eigenvalue weighted by atomic mass is 16.5. The van der Waals surface area contributed by atoms with Crippen LogP contribution in [-0.4, -0.2) is 20.0 Å². The Balaban J connectivity index is 2.45. The Hall–Kier alpha value is -2.02. The first-order valence-electron chi connectivity index (χ1n) is 5.30. The molecule has 0 saturated heterocycles. The molecule has 0 radical (unpaired) electrons. The number of ether oxygens (including phenoxy) is 2. The monoisotopic (exact) mass is 231 g/mol. The zero-order valence-electron chi connectivity index (χ0n) is 9.82. The van der Waals surface area contributed by atoms with E-state index in [0.29, 0.717) is 11.5 Å². The van der Waals surface area contributed by atoms with E-state index in [4.69, 9.17) is 9.47 Å². The fraction of sp³-hybridized carbons (Fsp3) is 0.385. The Bertz CT molecular complexity index is 494. The highest BCUT2D eigenvalue weighted by Crippen LogP contribution is 2.45. The molecule has 17 heavy (non-hydrogen) atoms. The molecule has 1 aliphatic carbocycles. The van der Waals surface area contributed by atoms with E-state index in [0.717, 1.165) is 5.56 Å². The smallest absolute Gasteiger partial charge is 0.136 e. The first-order valence-corrected chi connectivity index (χ1v) is 5.30. The molecule has 0 bridgehead atoms. The molecule has 0 heterocycles. The molecule has 2 rings (SSSR count). The van der Waals surface area contributed by atoms with Gasteiger partial charge in [0.15, 0.2) is 0 Å². The van der Waals surface area contributed by atoms with Crippen LogP contribution in [0, 0.1) is 11.3 Å². The summed E-state index contributed by atoms with van der Waals surface area (Å²) < 4.78 is 10.4. The van der Waals surface area contributed by atoms with Crippen LogP contribution in [0.15, 0.2) is 18.2 Å². The van der Waals surface area contributed by atoms with Gasteiger partial charge in [-0.15, -0.1) is 0 Å². The van der Waals surface area contributed by atoms with Crippen molar-refractivity contribution in [3.8, 4) is 17.6 Å². The van der Waals surface area contributed by atoms with Gasteiger partial charge in [-0.25, -0.2) is 0 Å². The summed E-state index contributed by atoms with van der Waals surface area (Å²) in [6, 6.07) is 7.54. The maximum atomic E-state index is 11.2. The van der Waals surface area contributed by atoms with Crippen LogP contribution in [0.5, 0.6) is 11.5 Å². The molecule has 1 aromatic carbocycles. The van der Waals surface area contributed by atoms with Gasteiger partial charge in [-0.2, -0.15) is 5.26 Å². The van der Waals surface area contributed by atoms with E-state index in [9.17, 15) is 10.1 Å². The number of nitrogens with zero attached hydrogens (tertiary/aromatic N) is 1. The number of carbonyl (C=O) groups is 1. The molecule has 0 atom stereocenters. The molecule has 0 N–H and O–H groups in total. The van der Waals surface area contributed by atoms with E-state index in [1.54, 1.807) is 32.4 Å². The minimum atomic E-state index is -0.714. The highest BCUT2D eigenvalue weighted by Gasteiger charge is 2.47. The third kappa shape index (κ3) is 1.74. The summed E-state index contributed by atoms with van der Waals surface area (Å²) in [7, 11) is 3.12. The second-order valence-corrected chi connectivity index (χ2v) is 4.15. The molecule has 0 amide bonds. The van der Waals surface area contributed by atoms with Crippen molar-refractivity contribution in [1.29, 1.82) is 5.26 Å². The Kier molecular flexibility index (Phi) is 2.76. The molecule has 0 aromatic heterocycles. The van der Waals surface area contributed by atoms with Crippen molar-refractivity contribution in [2.45, 2.75) is 18.3 Å². The first kappa shape index (κ1) is 11.5. The van der Waals surface area contributed by atoms with Gasteiger partial charge in [0, 0.05) is 24.5 Å². The van der Waals surface area contributed by atoms with Crippen molar-refractivity contribution in [1.82, 2.24) is 0 Å². The number of hydrogen-bond donors (Lipinski definition) is 0. The summed E-state index contributed by atoms with van der Waals surface area (Å²) in [5.74, 6) is 1.38. The van der Waals surface area contributed by atoms with Gasteiger partial charge in [0.2, 0.25) is 0 Å². The van der Waals surface area contributed by atoms with Crippen LogP contribution in [-0.2, 0) is 10.2 Å². The van der Waals surface area contributed by atoms with E-state index < -0.39 is 5.41 Å². The van der Waals surface area contributed by atoms with Gasteiger partial charge in [-0.3, -0.25) is 4.79 Å². The van der Waals surface area contributed by atoms with E-state index >= 15 is 0 Å². The lowest BCUT2D eigenvalue weighted by Crippen LogP contribution is -2.40. The number of Topliss-reactive ketones (excluding diaryl/α,β-unsaturated/α-hetero) is 1. The lowest BCUT2D eigenvalue weighted by Gasteiger charge is -2.35. The van der Waals surface area contributed by atoms with Crippen molar-refractivity contribution in [2.75, 3.05) is 14.2 Å². The predicted molar refractivity (Wildman–Crippen MR) is 61.1 cm³/mol. The van der Waals surface area contributed by atoms with E-state index in [1.807, 2.05) is 0 Å². The number of methoxy groups -OCH3 is 2. The van der Waals surface area contributed by atoms with Gasteiger partial charge in [-0.05, 0) is 6.07 Å². The largest absolute Gasteiger partial charge is 0.497 e. The van der Waals surface area contributed by atoms with Crippen LogP contribution in [0.4, 0.5) is 0 Å². The molecular weight excluding hydrogens is 218 g/mol. The van der Waals surface area contributed by atoms with Gasteiger partial charge in [0.1, 0.15) is 17.3 Å². The second kappa shape index (κ2) is 4.10. The number of nitriles is 1. The quantitative estimate of drug-likeness (QED) is 0.796. The summed E-state index contributed by atoms with van der Waals surface area (Å²) in [6.45, 7) is 0. The van der Waals surface area contributed by atoms with Crippen LogP contribution in [0.3, 0.4) is 0 Å². The highest BCUT2D eigenvalue weighted by molar-refractivity contribution is 5.90. The Morgan fingerprint density at radius 1 is 1.29 bits per heavy atom. The van der Waals surface area contributed by atoms with Crippen LogP contribution in [0.1, 0.15) is 18.4 Å². The molecule has 4 nitrogen and oxygen atoms in total. The van der Waals surface area contributed by atoms with E-state index in [-0.39, 0.29) is 18.6 Å². The summed E-state index contributed by atoms with van der Waals surface area (Å²) in [6.07, 6.45) is 0.540. The number of ketones is 1. The van der Waals surface area contributed by atoms with Crippen LogP contribution >= 0.6 is 0 Å². The number of hydrogen-bond acceptors (Lipinski definition) is 4. The minimum Gasteiger partial charge on any atom is -0.497 e. The Labute approximate surface area is 99.8 Å². The van der Waals surface area contributed by atoms with Crippen LogP contribution in [0.25, 0.3) is 0 Å². The summed E-state index contributed by atoms with van der Waals surface area (Å²) in [5.41, 5.74) is 0.0530. The van der Waals surface area contributed by atoms with E-state index in [1.165, 1.54) is 0 Å². The molecular formula is C13H13NO3. The molecule has 88 valence electrons. The lowest BCUT2D eigenvalue weighted by atomic mass is 9.64. The molecule has 1 saturated carbocycles. The lowest BCUT2D eigenvalue weighted by molar-refractivity contribution is -0.126. The number of carbonyl (C=O) groups excluding carboxylic acids is 1. The number of rotatable bonds is 3. The van der Waals surface area contributed by atoms with Gasteiger partial charge in [0.25, 0.3) is 0 Å². The standard InChI is InChI=1S/C13H13NO3/c1-16-10-3-4-11(12(5-10)17-2)13(8-14)6-9(15)7-13/h3-5H,6-7H2,1-2H3. The van der Waals surface area contributed by atoms with Crippen molar-refractivity contribution in [2.24, 2.45) is 0 Å². The van der Waals surface area contributed by atoms with Gasteiger partial charge in [0.05, 0.1) is 25.7 Å². The Morgan fingerprint density at radius 2 is 2.00 bits per heavy atom. The molecule has 1 fully saturated rings. The van der Waals surface area contributed by atoms with Crippen molar-refractivity contribution >= 4 is 5.78 Å². The average molecular weight is 231 g/mol. The van der Waals surface area contributed by atoms with Gasteiger partial charge in [-0.1, -0.05) is 6.07 Å². The van der Waals surface area contributed by atoms with Crippen molar-refractivity contribution < 1.29 is 14.3 Å². The van der Waals surface area contributed by atoms with Crippen molar-refractivity contribution in [3.63, 3.8) is 0 Å². The van der Waals surface area contributed by atoms with E-state index in [2.05, 4.69) is 6.07 Å². The molecule has 1 aliphatic rings. The first-order chi connectivity index (χ1) is 8.15. The maximum absolute atomic E-state index is 11.2. The maximum Gasteiger partial charge on any atom is 0.136 e. The minimum absolute atomic E-state index is 0.115. The third-order valence-electron chi connectivity index (χ3n) is 3.14.